The normalized spacial score (nSPS) is 10.1. The number of fused-ring (bicyclic) bond motifs is 1. The van der Waals surface area contributed by atoms with Crippen LogP contribution in [0.15, 0.2) is 29.8 Å². The van der Waals surface area contributed by atoms with E-state index in [2.05, 4.69) is 22.5 Å². The number of H-pyrrole nitrogens is 1. The fourth-order valence-corrected chi connectivity index (χ4v) is 1.60. The number of carboxylic acids is 1. The number of carbonyl (C=O) groups is 1. The third-order valence-corrected chi connectivity index (χ3v) is 2.37. The van der Waals surface area contributed by atoms with Gasteiger partial charge in [0, 0.05) is 6.07 Å². The molecule has 0 fully saturated rings. The molecule has 0 saturated heterocycles. The summed E-state index contributed by atoms with van der Waals surface area (Å²) in [5.74, 6) is -3.01. The Morgan fingerprint density at radius 2 is 1.94 bits per heavy atom. The fraction of sp³-hybridized carbons (Fsp3) is 0.111. The number of pyridine rings is 1. The van der Waals surface area contributed by atoms with E-state index < -0.39 is 12.1 Å². The van der Waals surface area contributed by atoms with Crippen molar-refractivity contribution in [2.45, 2.75) is 6.18 Å². The number of aromatic nitrogens is 1. The van der Waals surface area contributed by atoms with Crippen LogP contribution in [-0.4, -0.2) is 12.1 Å². The molecular formula is C9H7F3INO2S. The van der Waals surface area contributed by atoms with Crippen LogP contribution in [0.2, 0.25) is 0 Å². The molecule has 0 aliphatic heterocycles. The summed E-state index contributed by atoms with van der Waals surface area (Å²) in [4.78, 5) is 13.2. The van der Waals surface area contributed by atoms with Crippen LogP contribution in [0.4, 0.5) is 13.2 Å². The Kier molecular flexibility index (Phi) is 6.39. The largest absolute Gasteiger partial charge is 0.542 e. The number of hydrogen-bond donors (Lipinski definition) is 0. The summed E-state index contributed by atoms with van der Waals surface area (Å²) in [7, 11) is 0. The van der Waals surface area contributed by atoms with Gasteiger partial charge in [0.15, 0.2) is 6.20 Å². The van der Waals surface area contributed by atoms with Gasteiger partial charge in [-0.3, -0.25) is 0 Å². The van der Waals surface area contributed by atoms with Crippen molar-refractivity contribution in [3.63, 3.8) is 0 Å². The maximum Gasteiger partial charge on any atom is 0.430 e. The molecule has 0 aromatic carbocycles. The number of nitrogens with one attached hydrogen (secondary N) is 1. The smallest absolute Gasteiger partial charge is 0.430 e. The number of halogens is 4. The quantitative estimate of drug-likeness (QED) is 0.656. The van der Waals surface area contributed by atoms with E-state index in [4.69, 9.17) is 9.90 Å². The number of carbonyl (C=O) groups excluding carboxylic acids is 1. The first-order valence-electron chi connectivity index (χ1n) is 4.03. The lowest BCUT2D eigenvalue weighted by Gasteiger charge is -2.03. The molecule has 0 aliphatic carbocycles. The van der Waals surface area contributed by atoms with Crippen LogP contribution in [0, 0.1) is 0 Å². The van der Waals surface area contributed by atoms with Gasteiger partial charge in [-0.05, 0) is 17.5 Å². The molecule has 17 heavy (non-hydrogen) atoms. The summed E-state index contributed by atoms with van der Waals surface area (Å²) in [6.45, 7) is 0. The van der Waals surface area contributed by atoms with Crippen LogP contribution in [0.1, 0.15) is 0 Å². The minimum atomic E-state index is -5.19. The van der Waals surface area contributed by atoms with Crippen molar-refractivity contribution >= 4 is 51.5 Å². The zero-order chi connectivity index (χ0) is 12.2. The highest BCUT2D eigenvalue weighted by atomic mass is 127. The highest BCUT2D eigenvalue weighted by Crippen LogP contribution is 2.13. The fourth-order valence-electron chi connectivity index (χ4n) is 0.843. The summed E-state index contributed by atoms with van der Waals surface area (Å²) in [5.41, 5.74) is 0. The lowest BCUT2D eigenvalue weighted by Crippen LogP contribution is -2.37. The maximum absolute atomic E-state index is 10.5. The third-order valence-electron chi connectivity index (χ3n) is 1.51. The van der Waals surface area contributed by atoms with Gasteiger partial charge in [0.1, 0.15) is 5.97 Å². The summed E-state index contributed by atoms with van der Waals surface area (Å²) >= 11 is 1.73. The van der Waals surface area contributed by atoms with Gasteiger partial charge in [0.2, 0.25) is 0 Å². The minimum Gasteiger partial charge on any atom is -0.542 e. The summed E-state index contributed by atoms with van der Waals surface area (Å²) in [6, 6.07) is 6.22. The van der Waals surface area contributed by atoms with Crippen LogP contribution in [-0.2, 0) is 4.79 Å². The number of rotatable bonds is 0. The maximum atomic E-state index is 10.5. The Hall–Kier alpha value is -0.900. The van der Waals surface area contributed by atoms with Gasteiger partial charge in [0.25, 0.3) is 4.83 Å². The van der Waals surface area contributed by atoms with Crippen LogP contribution < -0.4 is 10.1 Å². The molecule has 0 radical (unpaired) electrons. The molecular weight excluding hydrogens is 370 g/mol. The second-order valence-corrected chi connectivity index (χ2v) is 3.58. The summed E-state index contributed by atoms with van der Waals surface area (Å²) < 4.78 is 31.5. The molecule has 0 saturated carbocycles. The number of carboxylic acid groups (broad SMARTS) is 1. The van der Waals surface area contributed by atoms with Gasteiger partial charge in [0.05, 0.1) is 5.39 Å². The van der Waals surface area contributed by atoms with E-state index in [-0.39, 0.29) is 24.0 Å². The number of hydrogen-bond acceptors (Lipinski definition) is 3. The first-order valence-corrected chi connectivity index (χ1v) is 4.91. The van der Waals surface area contributed by atoms with Gasteiger partial charge >= 0.3 is 6.18 Å². The second-order valence-electron chi connectivity index (χ2n) is 2.66. The number of alkyl halides is 3. The van der Waals surface area contributed by atoms with Crippen molar-refractivity contribution in [1.29, 1.82) is 0 Å². The van der Waals surface area contributed by atoms with Gasteiger partial charge < -0.3 is 9.90 Å². The van der Waals surface area contributed by atoms with Gasteiger partial charge in [-0.1, -0.05) is 11.3 Å². The average Bonchev–Trinajstić information content (AvgIpc) is 2.64. The molecule has 0 aliphatic rings. The first kappa shape index (κ1) is 16.1. The monoisotopic (exact) mass is 377 g/mol. The van der Waals surface area contributed by atoms with Crippen molar-refractivity contribution in [3.8, 4) is 0 Å². The van der Waals surface area contributed by atoms with Crippen LogP contribution in [0.5, 0.6) is 0 Å². The Balaban J connectivity index is 0.000000296. The molecule has 0 amide bonds. The second kappa shape index (κ2) is 6.74. The standard InChI is InChI=1S/C7H5NS.C2HF3O2.HI/c1-2-6-3-5-9-7(6)8-4-1;3-2(4,5)1(6)7;/h1-5H;(H,6,7);1H. The van der Waals surface area contributed by atoms with E-state index >= 15 is 0 Å². The molecule has 0 bridgehead atoms. The lowest BCUT2D eigenvalue weighted by atomic mass is 10.4. The van der Waals surface area contributed by atoms with E-state index in [0.29, 0.717) is 0 Å². The van der Waals surface area contributed by atoms with Gasteiger partial charge in [-0.15, -0.1) is 24.0 Å². The molecule has 2 rings (SSSR count). The van der Waals surface area contributed by atoms with Gasteiger partial charge in [-0.2, -0.15) is 13.2 Å². The zero-order valence-electron chi connectivity index (χ0n) is 8.15. The summed E-state index contributed by atoms with van der Waals surface area (Å²) in [6.07, 6.45) is -3.25. The molecule has 2 heterocycles. The molecule has 3 nitrogen and oxygen atoms in total. The molecule has 0 spiro atoms. The molecule has 2 aromatic heterocycles. The van der Waals surface area contributed by atoms with E-state index in [1.54, 1.807) is 11.3 Å². The van der Waals surface area contributed by atoms with E-state index in [1.807, 2.05) is 12.3 Å². The van der Waals surface area contributed by atoms with Crippen molar-refractivity contribution in [2.24, 2.45) is 0 Å². The Morgan fingerprint density at radius 3 is 2.41 bits per heavy atom. The number of aromatic amines is 1. The summed E-state index contributed by atoms with van der Waals surface area (Å²) in [5, 5.41) is 12.2. The number of thiophene rings is 1. The highest BCUT2D eigenvalue weighted by molar-refractivity contribution is 14.0. The molecule has 2 aromatic rings. The molecule has 0 atom stereocenters. The molecule has 8 heteroatoms. The minimum absolute atomic E-state index is 0. The van der Waals surface area contributed by atoms with Crippen LogP contribution in [0.25, 0.3) is 10.2 Å². The molecule has 94 valence electrons. The zero-order valence-corrected chi connectivity index (χ0v) is 11.3. The predicted molar refractivity (Wildman–Crippen MR) is 64.9 cm³/mol. The highest BCUT2D eigenvalue weighted by Gasteiger charge is 2.28. The SMILES string of the molecule is I.O=C([O-])C(F)(F)F.c1c[nH+]c2sccc2c1. The topological polar surface area (TPSA) is 54.3 Å². The Labute approximate surface area is 115 Å². The van der Waals surface area contributed by atoms with Crippen molar-refractivity contribution in [2.75, 3.05) is 0 Å². The van der Waals surface area contributed by atoms with Crippen molar-refractivity contribution in [3.05, 3.63) is 29.8 Å². The third kappa shape index (κ3) is 5.31. The van der Waals surface area contributed by atoms with E-state index in [9.17, 15) is 13.2 Å². The lowest BCUT2D eigenvalue weighted by molar-refractivity contribution is -0.344. The first-order chi connectivity index (χ1) is 7.41. The van der Waals surface area contributed by atoms with E-state index in [1.165, 1.54) is 10.2 Å². The molecule has 0 unspecified atom stereocenters. The number of aliphatic carboxylic acids is 1. The van der Waals surface area contributed by atoms with E-state index in [0.717, 1.165) is 0 Å². The predicted octanol–water partition coefficient (Wildman–Crippen LogP) is 1.63. The van der Waals surface area contributed by atoms with Crippen LogP contribution >= 0.6 is 35.3 Å². The van der Waals surface area contributed by atoms with Crippen LogP contribution in [0.3, 0.4) is 0 Å². The van der Waals surface area contributed by atoms with Crippen molar-refractivity contribution < 1.29 is 28.1 Å². The Bertz CT molecular complexity index is 456. The molecule has 1 N–H and O–H groups in total. The van der Waals surface area contributed by atoms with Gasteiger partial charge in [-0.25, -0.2) is 4.98 Å². The Morgan fingerprint density at radius 1 is 1.35 bits per heavy atom. The van der Waals surface area contributed by atoms with Crippen molar-refractivity contribution in [1.82, 2.24) is 0 Å². The average molecular weight is 377 g/mol.